The first-order chi connectivity index (χ1) is 22.7. The molecule has 10 heteroatoms. The number of amides is 3. The number of piperidine rings is 2. The highest BCUT2D eigenvalue weighted by Gasteiger charge is 2.47. The van der Waals surface area contributed by atoms with E-state index in [0.29, 0.717) is 24.9 Å². The molecule has 0 atom stereocenters. The van der Waals surface area contributed by atoms with Crippen LogP contribution in [0.3, 0.4) is 0 Å². The van der Waals surface area contributed by atoms with Gasteiger partial charge in [-0.05, 0) is 161 Å². The highest BCUT2D eigenvalue weighted by atomic mass is 35.5. The van der Waals surface area contributed by atoms with Gasteiger partial charge in [-0.1, -0.05) is 23.2 Å². The number of halogens is 3. The van der Waals surface area contributed by atoms with Crippen LogP contribution < -0.4 is 5.32 Å². The molecule has 6 fully saturated rings. The first kappa shape index (κ1) is 33.2. The molecule has 1 N–H and O–H groups in total. The van der Waals surface area contributed by atoms with E-state index in [1.165, 1.54) is 18.4 Å². The van der Waals surface area contributed by atoms with Crippen LogP contribution in [0.15, 0.2) is 36.4 Å². The number of benzene rings is 2. The normalized spacial score (nSPS) is 23.2. The van der Waals surface area contributed by atoms with Crippen molar-refractivity contribution in [2.45, 2.75) is 100.0 Å². The van der Waals surface area contributed by atoms with Crippen molar-refractivity contribution in [1.82, 2.24) is 20.0 Å². The summed E-state index contributed by atoms with van der Waals surface area (Å²) in [6.45, 7) is 4.99. The zero-order valence-electron chi connectivity index (χ0n) is 27.0. The van der Waals surface area contributed by atoms with E-state index in [4.69, 9.17) is 34.8 Å². The Hall–Kier alpha value is -2.32. The lowest BCUT2D eigenvalue weighted by atomic mass is 9.84. The van der Waals surface area contributed by atoms with Crippen LogP contribution in [0.25, 0.3) is 0 Å². The second kappa shape index (κ2) is 13.5. The number of rotatable bonds is 4. The topological polar surface area (TPSA) is 73.0 Å². The van der Waals surface area contributed by atoms with Crippen LogP contribution in [0.2, 0.25) is 10.0 Å². The van der Waals surface area contributed by atoms with Gasteiger partial charge >= 0.3 is 5.37 Å². The van der Waals surface area contributed by atoms with Crippen LogP contribution in [0.1, 0.15) is 121 Å². The van der Waals surface area contributed by atoms with Gasteiger partial charge in [0.25, 0.3) is 11.8 Å². The predicted molar refractivity (Wildman–Crippen MR) is 187 cm³/mol. The largest absolute Gasteiger partial charge is 0.333 e. The maximum absolute atomic E-state index is 13.2. The first-order valence-electron chi connectivity index (χ1n) is 17.6. The number of hydrogen-bond donors (Lipinski definition) is 1. The van der Waals surface area contributed by atoms with Crippen LogP contribution in [0, 0.1) is 0 Å². The van der Waals surface area contributed by atoms with E-state index in [2.05, 4.69) is 16.3 Å². The minimum absolute atomic E-state index is 0.0988. The lowest BCUT2D eigenvalue weighted by molar-refractivity contribution is 0.0434. The van der Waals surface area contributed by atoms with Crippen molar-refractivity contribution in [1.29, 1.82) is 0 Å². The molecule has 2 aromatic rings. The van der Waals surface area contributed by atoms with Gasteiger partial charge in [0.2, 0.25) is 0 Å². The minimum Gasteiger partial charge on any atom is -0.333 e. The third-order valence-corrected chi connectivity index (χ3v) is 12.6. The summed E-state index contributed by atoms with van der Waals surface area (Å²) in [4.78, 5) is 43.6. The zero-order valence-corrected chi connectivity index (χ0v) is 29.3. The van der Waals surface area contributed by atoms with E-state index >= 15 is 0 Å². The van der Waals surface area contributed by atoms with E-state index in [0.717, 1.165) is 117 Å². The van der Waals surface area contributed by atoms with Crippen molar-refractivity contribution >= 4 is 52.0 Å². The average Bonchev–Trinajstić information content (AvgIpc) is 4.02. The van der Waals surface area contributed by atoms with Crippen molar-refractivity contribution in [2.24, 2.45) is 0 Å². The van der Waals surface area contributed by atoms with Gasteiger partial charge in [0, 0.05) is 58.4 Å². The molecule has 2 saturated carbocycles. The molecule has 2 aromatic carbocycles. The molecule has 3 amide bonds. The first-order valence-corrected chi connectivity index (χ1v) is 18.7. The van der Waals surface area contributed by atoms with Crippen molar-refractivity contribution in [2.75, 3.05) is 39.3 Å². The molecule has 0 radical (unpaired) electrons. The Bertz CT molecular complexity index is 1530. The summed E-state index contributed by atoms with van der Waals surface area (Å²) in [5, 5.41) is 4.61. The minimum atomic E-state index is -0.391. The van der Waals surface area contributed by atoms with Gasteiger partial charge in [0.05, 0.1) is 0 Å². The number of carbonyl (C=O) groups is 3. The summed E-state index contributed by atoms with van der Waals surface area (Å²) in [5.41, 5.74) is 3.82. The third-order valence-electron chi connectivity index (χ3n) is 11.7. The molecule has 2 spiro atoms. The summed E-state index contributed by atoms with van der Waals surface area (Å²) in [5.74, 6) is 1.40. The summed E-state index contributed by atoms with van der Waals surface area (Å²) in [6, 6.07) is 11.6. The lowest BCUT2D eigenvalue weighted by Crippen LogP contribution is -2.54. The quantitative estimate of drug-likeness (QED) is 0.258. The zero-order chi connectivity index (χ0) is 32.8. The number of likely N-dealkylation sites (tertiary alicyclic amines) is 3. The molecule has 47 heavy (non-hydrogen) atoms. The van der Waals surface area contributed by atoms with Crippen LogP contribution in [-0.2, 0) is 0 Å². The molecular formula is C37H45Cl3N4O3. The standard InChI is InChI=1S/C19H22Cl2N2O2.C18H23ClN2O/c20-16-5-4-14(12-15(16)13-2-3-13)17(24)23-9-1-6-19(23)7-10-22(11-8-19)18(21)25;19-16-5-4-14(12-15(16)13-2-3-13)17(22)21-11-1-6-18(21)7-9-20-10-8-18/h4-5,12-13H,1-3,6-11H2;4-5,12-13,20H,1-3,6-11H2. The Balaban J connectivity index is 0.000000151. The number of carbonyl (C=O) groups excluding carboxylic acids is 3. The van der Waals surface area contributed by atoms with Gasteiger partial charge in [-0.3, -0.25) is 14.4 Å². The second-order valence-corrected chi connectivity index (χ2v) is 15.7. The molecule has 8 rings (SSSR count). The van der Waals surface area contributed by atoms with E-state index in [9.17, 15) is 14.4 Å². The summed E-state index contributed by atoms with van der Waals surface area (Å²) >= 11 is 18.2. The fraction of sp³-hybridized carbons (Fsp3) is 0.595. The van der Waals surface area contributed by atoms with Gasteiger partial charge in [-0.2, -0.15) is 0 Å². The van der Waals surface area contributed by atoms with E-state index in [1.807, 2.05) is 35.2 Å². The average molecular weight is 700 g/mol. The molecule has 252 valence electrons. The van der Waals surface area contributed by atoms with E-state index in [1.54, 1.807) is 4.90 Å². The lowest BCUT2D eigenvalue weighted by Gasteiger charge is -2.44. The number of hydrogen-bond acceptors (Lipinski definition) is 4. The highest BCUT2D eigenvalue weighted by molar-refractivity contribution is 6.62. The Morgan fingerprint density at radius 3 is 1.51 bits per heavy atom. The third kappa shape index (κ3) is 6.79. The summed E-state index contributed by atoms with van der Waals surface area (Å²) < 4.78 is 0. The van der Waals surface area contributed by atoms with Crippen molar-refractivity contribution in [3.05, 3.63) is 68.7 Å². The fourth-order valence-electron chi connectivity index (χ4n) is 8.62. The maximum atomic E-state index is 13.2. The van der Waals surface area contributed by atoms with Gasteiger partial charge in [0.15, 0.2) is 0 Å². The van der Waals surface area contributed by atoms with Crippen LogP contribution >= 0.6 is 34.8 Å². The van der Waals surface area contributed by atoms with Gasteiger partial charge in [0.1, 0.15) is 0 Å². The molecule has 4 aliphatic heterocycles. The smallest absolute Gasteiger partial charge is 0.316 e. The number of nitrogens with one attached hydrogen (secondary N) is 1. The second-order valence-electron chi connectivity index (χ2n) is 14.6. The number of nitrogens with zero attached hydrogens (tertiary/aromatic N) is 3. The molecule has 2 aliphatic carbocycles. The molecule has 4 heterocycles. The Morgan fingerprint density at radius 2 is 1.09 bits per heavy atom. The monoisotopic (exact) mass is 698 g/mol. The van der Waals surface area contributed by atoms with Crippen LogP contribution in [0.4, 0.5) is 4.79 Å². The molecule has 7 nitrogen and oxygen atoms in total. The summed E-state index contributed by atoms with van der Waals surface area (Å²) in [7, 11) is 0. The van der Waals surface area contributed by atoms with Crippen molar-refractivity contribution < 1.29 is 14.4 Å². The highest BCUT2D eigenvalue weighted by Crippen LogP contribution is 2.46. The fourth-order valence-corrected chi connectivity index (χ4v) is 9.33. The predicted octanol–water partition coefficient (Wildman–Crippen LogP) is 8.22. The molecule has 4 saturated heterocycles. The molecule has 6 aliphatic rings. The summed E-state index contributed by atoms with van der Waals surface area (Å²) in [6.07, 6.45) is 12.8. The van der Waals surface area contributed by atoms with E-state index in [-0.39, 0.29) is 22.9 Å². The van der Waals surface area contributed by atoms with Gasteiger partial charge in [-0.15, -0.1) is 0 Å². The Kier molecular flexibility index (Phi) is 9.56. The van der Waals surface area contributed by atoms with Crippen LogP contribution in [0.5, 0.6) is 0 Å². The molecule has 0 bridgehead atoms. The molecule has 0 unspecified atom stereocenters. The molecular weight excluding hydrogens is 655 g/mol. The van der Waals surface area contributed by atoms with Crippen molar-refractivity contribution in [3.63, 3.8) is 0 Å². The maximum Gasteiger partial charge on any atom is 0.316 e. The molecule has 0 aromatic heterocycles. The van der Waals surface area contributed by atoms with Crippen molar-refractivity contribution in [3.8, 4) is 0 Å². The SMILES string of the molecule is O=C(Cl)N1CCC2(CCCN2C(=O)c2ccc(Cl)c(C3CC3)c2)CC1.O=C(c1ccc(Cl)c(C2CC2)c1)N1CCCC12CCNCC2. The van der Waals surface area contributed by atoms with Gasteiger partial charge < -0.3 is 20.0 Å². The Morgan fingerprint density at radius 1 is 0.638 bits per heavy atom. The van der Waals surface area contributed by atoms with Crippen LogP contribution in [-0.4, -0.2) is 82.2 Å². The van der Waals surface area contributed by atoms with E-state index < -0.39 is 5.37 Å². The Labute approximate surface area is 293 Å². The van der Waals surface area contributed by atoms with Gasteiger partial charge in [-0.25, -0.2) is 0 Å².